The first-order valence-corrected chi connectivity index (χ1v) is 6.88. The molecular weight excluding hydrogens is 230 g/mol. The molecule has 2 unspecified atom stereocenters. The van der Waals surface area contributed by atoms with Gasteiger partial charge in [0.25, 0.3) is 5.91 Å². The van der Waals surface area contributed by atoms with Gasteiger partial charge in [0.05, 0.1) is 5.41 Å². The molecule has 3 aliphatic rings. The van der Waals surface area contributed by atoms with Crippen molar-refractivity contribution in [2.24, 2.45) is 10.8 Å². The van der Waals surface area contributed by atoms with E-state index >= 15 is 0 Å². The van der Waals surface area contributed by atoms with Gasteiger partial charge in [-0.1, -0.05) is 13.8 Å². The van der Waals surface area contributed by atoms with E-state index in [0.29, 0.717) is 6.42 Å². The van der Waals surface area contributed by atoms with Gasteiger partial charge in [-0.15, -0.1) is 0 Å². The summed E-state index contributed by atoms with van der Waals surface area (Å²) in [5.74, 6) is -0.147. The summed E-state index contributed by atoms with van der Waals surface area (Å²) < 4.78 is 5.61. The zero-order valence-corrected chi connectivity index (χ0v) is 11.4. The maximum atomic E-state index is 12.8. The van der Waals surface area contributed by atoms with Crippen molar-refractivity contribution >= 4 is 11.9 Å². The molecule has 0 spiro atoms. The lowest BCUT2D eigenvalue weighted by atomic mass is 9.66. The van der Waals surface area contributed by atoms with Crippen LogP contribution >= 0.6 is 0 Å². The van der Waals surface area contributed by atoms with Crippen LogP contribution in [-0.2, 0) is 14.3 Å². The molecule has 0 aromatic heterocycles. The summed E-state index contributed by atoms with van der Waals surface area (Å²) in [6.45, 7) is 7.59. The van der Waals surface area contributed by atoms with Crippen LogP contribution in [0.15, 0.2) is 0 Å². The first-order valence-electron chi connectivity index (χ1n) is 6.88. The molecule has 1 amide bonds. The number of nitrogens with zero attached hydrogens (tertiary/aromatic N) is 1. The molecule has 0 aromatic rings. The summed E-state index contributed by atoms with van der Waals surface area (Å²) in [7, 11) is 0. The second-order valence-electron chi connectivity index (χ2n) is 6.67. The molecule has 3 rings (SSSR count). The second-order valence-corrected chi connectivity index (χ2v) is 6.67. The number of carbonyl (C=O) groups is 2. The van der Waals surface area contributed by atoms with Gasteiger partial charge in [0.15, 0.2) is 5.60 Å². The Morgan fingerprint density at radius 2 is 1.78 bits per heavy atom. The van der Waals surface area contributed by atoms with Crippen molar-refractivity contribution in [1.29, 1.82) is 0 Å². The van der Waals surface area contributed by atoms with Gasteiger partial charge in [0, 0.05) is 18.5 Å². The lowest BCUT2D eigenvalue weighted by molar-refractivity contribution is -0.173. The van der Waals surface area contributed by atoms with Gasteiger partial charge in [-0.2, -0.15) is 0 Å². The summed E-state index contributed by atoms with van der Waals surface area (Å²) in [5, 5.41) is 0. The van der Waals surface area contributed by atoms with E-state index in [-0.39, 0.29) is 11.9 Å². The van der Waals surface area contributed by atoms with Crippen LogP contribution in [0.4, 0.5) is 0 Å². The number of esters is 1. The average molecular weight is 251 g/mol. The smallest absolute Gasteiger partial charge is 0.313 e. The predicted octanol–water partition coefficient (Wildman–Crippen LogP) is 1.73. The minimum atomic E-state index is -0.900. The lowest BCUT2D eigenvalue weighted by Crippen LogP contribution is -2.54. The first kappa shape index (κ1) is 12.0. The molecule has 0 radical (unpaired) electrons. The van der Waals surface area contributed by atoms with Crippen LogP contribution in [0, 0.1) is 10.8 Å². The first-order chi connectivity index (χ1) is 8.35. The van der Waals surface area contributed by atoms with Crippen LogP contribution < -0.4 is 0 Å². The fourth-order valence-corrected chi connectivity index (χ4v) is 3.90. The molecule has 2 saturated heterocycles. The summed E-state index contributed by atoms with van der Waals surface area (Å²) in [4.78, 5) is 26.8. The van der Waals surface area contributed by atoms with Gasteiger partial charge in [0.2, 0.25) is 0 Å². The third kappa shape index (κ3) is 1.08. The van der Waals surface area contributed by atoms with E-state index in [0.717, 1.165) is 32.4 Å². The molecule has 2 aliphatic heterocycles. The third-order valence-electron chi connectivity index (χ3n) is 5.82. The molecule has 1 aliphatic carbocycles. The predicted molar refractivity (Wildman–Crippen MR) is 65.8 cm³/mol. The maximum absolute atomic E-state index is 12.8. The Morgan fingerprint density at radius 1 is 1.17 bits per heavy atom. The van der Waals surface area contributed by atoms with Crippen molar-refractivity contribution in [2.45, 2.75) is 52.1 Å². The van der Waals surface area contributed by atoms with Gasteiger partial charge < -0.3 is 9.64 Å². The second kappa shape index (κ2) is 3.28. The largest absolute Gasteiger partial charge is 0.448 e. The SMILES string of the molecule is CC12CCC(C(=O)N3CCCC3)(OC1=O)C2(C)C. The van der Waals surface area contributed by atoms with E-state index in [1.54, 1.807) is 0 Å². The highest BCUT2D eigenvalue weighted by Crippen LogP contribution is 2.66. The Hall–Kier alpha value is -1.06. The van der Waals surface area contributed by atoms with Crippen LogP contribution in [0.5, 0.6) is 0 Å². The Bertz CT molecular complexity index is 425. The molecule has 4 nitrogen and oxygen atoms in total. The van der Waals surface area contributed by atoms with E-state index in [1.807, 2.05) is 25.7 Å². The Labute approximate surface area is 108 Å². The highest BCUT2D eigenvalue weighted by molar-refractivity contribution is 5.96. The third-order valence-corrected chi connectivity index (χ3v) is 5.82. The standard InChI is InChI=1S/C14H21NO3/c1-12(2)13(3)6-7-14(12,18-11(13)17)10(16)15-8-4-5-9-15/h4-9H2,1-3H3. The molecule has 1 saturated carbocycles. The number of fused-ring (bicyclic) bond motifs is 2. The fraction of sp³-hybridized carbons (Fsp3) is 0.857. The van der Waals surface area contributed by atoms with E-state index in [1.165, 1.54) is 0 Å². The molecule has 2 bridgehead atoms. The minimum Gasteiger partial charge on any atom is -0.448 e. The Kier molecular flexibility index (Phi) is 2.19. The monoisotopic (exact) mass is 251 g/mol. The number of amides is 1. The van der Waals surface area contributed by atoms with Gasteiger partial charge in [-0.05, 0) is 32.6 Å². The highest BCUT2D eigenvalue weighted by atomic mass is 16.6. The van der Waals surface area contributed by atoms with E-state index in [2.05, 4.69) is 0 Å². The molecule has 3 fully saturated rings. The summed E-state index contributed by atoms with van der Waals surface area (Å²) in [6, 6.07) is 0. The minimum absolute atomic E-state index is 0.0413. The van der Waals surface area contributed by atoms with Crippen molar-refractivity contribution in [3.63, 3.8) is 0 Å². The number of carbonyl (C=O) groups excluding carboxylic acids is 2. The topological polar surface area (TPSA) is 46.6 Å². The van der Waals surface area contributed by atoms with Gasteiger partial charge in [0.1, 0.15) is 0 Å². The number of ether oxygens (including phenoxy) is 1. The quantitative estimate of drug-likeness (QED) is 0.667. The zero-order valence-electron chi connectivity index (χ0n) is 11.4. The van der Waals surface area contributed by atoms with Crippen LogP contribution in [0.3, 0.4) is 0 Å². The summed E-state index contributed by atoms with van der Waals surface area (Å²) in [6.07, 6.45) is 3.57. The molecule has 0 N–H and O–H groups in total. The van der Waals surface area contributed by atoms with Crippen molar-refractivity contribution in [1.82, 2.24) is 4.90 Å². The number of likely N-dealkylation sites (tertiary alicyclic amines) is 1. The maximum Gasteiger partial charge on any atom is 0.313 e. The van der Waals surface area contributed by atoms with Crippen LogP contribution in [0.25, 0.3) is 0 Å². The Morgan fingerprint density at radius 3 is 2.22 bits per heavy atom. The molecule has 100 valence electrons. The van der Waals surface area contributed by atoms with E-state index in [4.69, 9.17) is 4.74 Å². The average Bonchev–Trinajstić information content (AvgIpc) is 2.93. The van der Waals surface area contributed by atoms with Gasteiger partial charge >= 0.3 is 5.97 Å². The van der Waals surface area contributed by atoms with Crippen LogP contribution in [-0.4, -0.2) is 35.5 Å². The number of hydrogen-bond donors (Lipinski definition) is 0. The molecule has 18 heavy (non-hydrogen) atoms. The number of hydrogen-bond acceptors (Lipinski definition) is 3. The molecule has 0 aromatic carbocycles. The summed E-state index contributed by atoms with van der Waals surface area (Å²) in [5.41, 5.74) is -1.80. The number of rotatable bonds is 1. The fourth-order valence-electron chi connectivity index (χ4n) is 3.90. The molecule has 4 heteroatoms. The zero-order chi connectivity index (χ0) is 13.2. The normalized spacial score (nSPS) is 41.3. The molecule has 2 heterocycles. The van der Waals surface area contributed by atoms with Crippen LogP contribution in [0.1, 0.15) is 46.5 Å². The van der Waals surface area contributed by atoms with E-state index in [9.17, 15) is 9.59 Å². The van der Waals surface area contributed by atoms with E-state index < -0.39 is 16.4 Å². The molecular formula is C14H21NO3. The van der Waals surface area contributed by atoms with Crippen LogP contribution in [0.2, 0.25) is 0 Å². The van der Waals surface area contributed by atoms with Gasteiger partial charge in [-0.3, -0.25) is 9.59 Å². The molecule has 2 atom stereocenters. The van der Waals surface area contributed by atoms with Gasteiger partial charge in [-0.25, -0.2) is 0 Å². The summed E-state index contributed by atoms with van der Waals surface area (Å²) >= 11 is 0. The highest BCUT2D eigenvalue weighted by Gasteiger charge is 2.76. The lowest BCUT2D eigenvalue weighted by Gasteiger charge is -2.37. The van der Waals surface area contributed by atoms with Crippen molar-refractivity contribution in [2.75, 3.05) is 13.1 Å². The van der Waals surface area contributed by atoms with Crippen molar-refractivity contribution in [3.05, 3.63) is 0 Å². The van der Waals surface area contributed by atoms with Crippen molar-refractivity contribution < 1.29 is 14.3 Å². The Balaban J connectivity index is 2.00. The van der Waals surface area contributed by atoms with Crippen molar-refractivity contribution in [3.8, 4) is 0 Å².